The molecule has 6 heteroatoms. The topological polar surface area (TPSA) is 41.6 Å². The average Bonchev–Trinajstić information content (AvgIpc) is 3.21. The van der Waals surface area contributed by atoms with Crippen LogP contribution in [0.1, 0.15) is 62.5 Å². The number of fused-ring (bicyclic) bond motifs is 3. The lowest BCUT2D eigenvalue weighted by Crippen LogP contribution is -2.48. The second kappa shape index (κ2) is 10.3. The van der Waals surface area contributed by atoms with Crippen LogP contribution >= 0.6 is 0 Å². The fraction of sp³-hybridized carbons (Fsp3) is 0.552. The molecule has 0 atom stereocenters. The number of amides is 1. The Hall–Kier alpha value is -2.47. The van der Waals surface area contributed by atoms with Gasteiger partial charge in [0.1, 0.15) is 5.75 Å². The number of piperidine rings is 1. The maximum Gasteiger partial charge on any atom is 0.278 e. The first-order valence-corrected chi connectivity index (χ1v) is 13.1. The van der Waals surface area contributed by atoms with Gasteiger partial charge in [0.2, 0.25) is 0 Å². The first-order chi connectivity index (χ1) is 16.9. The molecular weight excluding hydrogens is 446 g/mol. The summed E-state index contributed by atoms with van der Waals surface area (Å²) in [5, 5.41) is 3.06. The number of carbonyl (C=O) groups is 1. The molecule has 2 bridgehead atoms. The molecule has 0 radical (unpaired) electrons. The highest BCUT2D eigenvalue weighted by atomic mass is 19.3. The third-order valence-corrected chi connectivity index (χ3v) is 8.33. The van der Waals surface area contributed by atoms with E-state index in [2.05, 4.69) is 34.5 Å². The summed E-state index contributed by atoms with van der Waals surface area (Å²) in [6.07, 6.45) is 6.78. The summed E-state index contributed by atoms with van der Waals surface area (Å²) in [6.45, 7) is 2.71. The zero-order chi connectivity index (χ0) is 24.3. The number of hydrogen-bond donors (Lipinski definition) is 1. The second-order valence-electron chi connectivity index (χ2n) is 10.8. The summed E-state index contributed by atoms with van der Waals surface area (Å²) in [4.78, 5) is 14.8. The highest BCUT2D eigenvalue weighted by molar-refractivity contribution is 5.77. The summed E-state index contributed by atoms with van der Waals surface area (Å²) < 4.78 is 36.4. The molecule has 2 aromatic rings. The van der Waals surface area contributed by atoms with Crippen molar-refractivity contribution in [1.29, 1.82) is 0 Å². The molecule has 35 heavy (non-hydrogen) atoms. The first kappa shape index (κ1) is 24.2. The van der Waals surface area contributed by atoms with Crippen molar-refractivity contribution in [2.75, 3.05) is 19.7 Å². The molecule has 3 aliphatic carbocycles. The lowest BCUT2D eigenvalue weighted by molar-refractivity contribution is -0.189. The normalized spacial score (nSPS) is 25.4. The van der Waals surface area contributed by atoms with Gasteiger partial charge in [-0.25, -0.2) is 8.78 Å². The number of ether oxygens (including phenoxy) is 1. The van der Waals surface area contributed by atoms with Gasteiger partial charge >= 0.3 is 0 Å². The number of nitrogens with one attached hydrogen (secondary N) is 1. The van der Waals surface area contributed by atoms with Crippen molar-refractivity contribution in [1.82, 2.24) is 10.2 Å². The van der Waals surface area contributed by atoms with Crippen molar-refractivity contribution in [2.24, 2.45) is 11.3 Å². The van der Waals surface area contributed by atoms with Gasteiger partial charge in [-0.05, 0) is 67.9 Å². The highest BCUT2D eigenvalue weighted by Gasteiger charge is 2.61. The SMILES string of the molecule is O=C(COc1ccc(C(F)(F)C23CCCCC(C2)C3)cc1)NC1CCN(Cc2ccccc2)CC1. The van der Waals surface area contributed by atoms with Crippen LogP contribution in [0, 0.1) is 11.3 Å². The second-order valence-corrected chi connectivity index (χ2v) is 10.8. The van der Waals surface area contributed by atoms with Crippen LogP contribution < -0.4 is 10.1 Å². The highest BCUT2D eigenvalue weighted by Crippen LogP contribution is 2.64. The summed E-state index contributed by atoms with van der Waals surface area (Å²) in [5.41, 5.74) is 0.502. The lowest BCUT2D eigenvalue weighted by atomic mass is 9.56. The van der Waals surface area contributed by atoms with Crippen LogP contribution in [0.15, 0.2) is 54.6 Å². The molecule has 2 aromatic carbocycles. The van der Waals surface area contributed by atoms with Gasteiger partial charge in [-0.1, -0.05) is 49.6 Å². The van der Waals surface area contributed by atoms with E-state index in [0.29, 0.717) is 30.9 Å². The molecule has 1 amide bonds. The Morgan fingerprint density at radius 2 is 1.71 bits per heavy atom. The number of nitrogens with zero attached hydrogens (tertiary/aromatic N) is 1. The molecule has 6 rings (SSSR count). The van der Waals surface area contributed by atoms with E-state index in [1.165, 1.54) is 17.7 Å². The molecule has 4 fully saturated rings. The van der Waals surface area contributed by atoms with Crippen LogP contribution in [0.5, 0.6) is 5.75 Å². The third-order valence-electron chi connectivity index (χ3n) is 8.33. The lowest BCUT2D eigenvalue weighted by Gasteiger charge is -2.50. The summed E-state index contributed by atoms with van der Waals surface area (Å²) in [5.74, 6) is -2.07. The number of benzene rings is 2. The van der Waals surface area contributed by atoms with Gasteiger partial charge in [0.15, 0.2) is 6.61 Å². The molecule has 0 aromatic heterocycles. The van der Waals surface area contributed by atoms with Gasteiger partial charge in [0, 0.05) is 36.7 Å². The third kappa shape index (κ3) is 5.37. The standard InChI is InChI=1S/C29H36F2N2O2/c30-29(31,28-15-5-4-8-23(18-28)19-28)24-9-11-26(12-10-24)35-21-27(34)32-25-13-16-33(17-14-25)20-22-6-2-1-3-7-22/h1-3,6-7,9-12,23,25H,4-5,8,13-21H2,(H,32,34). The minimum Gasteiger partial charge on any atom is -0.484 e. The van der Waals surface area contributed by atoms with Crippen LogP contribution in [0.4, 0.5) is 8.78 Å². The Morgan fingerprint density at radius 1 is 1.00 bits per heavy atom. The predicted octanol–water partition coefficient (Wildman–Crippen LogP) is 5.91. The molecule has 1 aliphatic heterocycles. The van der Waals surface area contributed by atoms with Gasteiger partial charge < -0.3 is 10.1 Å². The smallest absolute Gasteiger partial charge is 0.278 e. The van der Waals surface area contributed by atoms with Crippen LogP contribution in [-0.4, -0.2) is 36.5 Å². The van der Waals surface area contributed by atoms with E-state index < -0.39 is 11.3 Å². The fourth-order valence-corrected chi connectivity index (χ4v) is 6.33. The van der Waals surface area contributed by atoms with E-state index >= 15 is 8.78 Å². The van der Waals surface area contributed by atoms with Gasteiger partial charge in [-0.3, -0.25) is 9.69 Å². The molecule has 0 spiro atoms. The number of halogens is 2. The van der Waals surface area contributed by atoms with Gasteiger partial charge in [0.05, 0.1) is 0 Å². The van der Waals surface area contributed by atoms with E-state index in [1.54, 1.807) is 12.1 Å². The quantitative estimate of drug-likeness (QED) is 0.509. The largest absolute Gasteiger partial charge is 0.484 e. The van der Waals surface area contributed by atoms with Gasteiger partial charge in [-0.15, -0.1) is 0 Å². The number of alkyl halides is 2. The van der Waals surface area contributed by atoms with Crippen LogP contribution in [0.2, 0.25) is 0 Å². The maximum absolute atomic E-state index is 15.4. The molecule has 0 unspecified atom stereocenters. The van der Waals surface area contributed by atoms with E-state index in [-0.39, 0.29) is 24.1 Å². The zero-order valence-corrected chi connectivity index (χ0v) is 20.4. The molecular formula is C29H36F2N2O2. The molecule has 4 nitrogen and oxygen atoms in total. The van der Waals surface area contributed by atoms with Crippen molar-refractivity contribution in [3.63, 3.8) is 0 Å². The number of rotatable bonds is 8. The monoisotopic (exact) mass is 482 g/mol. The Morgan fingerprint density at radius 3 is 2.43 bits per heavy atom. The van der Waals surface area contributed by atoms with Crippen LogP contribution in [0.25, 0.3) is 0 Å². The van der Waals surface area contributed by atoms with Crippen molar-refractivity contribution >= 4 is 5.91 Å². The van der Waals surface area contributed by atoms with E-state index in [1.807, 2.05) is 6.07 Å². The zero-order valence-electron chi connectivity index (χ0n) is 20.4. The van der Waals surface area contributed by atoms with Crippen LogP contribution in [0.3, 0.4) is 0 Å². The molecule has 1 N–H and O–H groups in total. The van der Waals surface area contributed by atoms with E-state index in [0.717, 1.165) is 51.7 Å². The molecule has 3 saturated carbocycles. The van der Waals surface area contributed by atoms with E-state index in [4.69, 9.17) is 4.74 Å². The minimum absolute atomic E-state index is 0.0666. The molecule has 1 saturated heterocycles. The molecule has 188 valence electrons. The Bertz CT molecular complexity index is 976. The Kier molecular flexibility index (Phi) is 7.10. The first-order valence-electron chi connectivity index (χ1n) is 13.1. The number of hydrogen-bond acceptors (Lipinski definition) is 3. The van der Waals surface area contributed by atoms with Crippen molar-refractivity contribution in [3.8, 4) is 5.75 Å². The van der Waals surface area contributed by atoms with Crippen LogP contribution in [-0.2, 0) is 17.3 Å². The van der Waals surface area contributed by atoms with Gasteiger partial charge in [0.25, 0.3) is 11.8 Å². The van der Waals surface area contributed by atoms with Crippen molar-refractivity contribution in [3.05, 3.63) is 65.7 Å². The van der Waals surface area contributed by atoms with Crippen molar-refractivity contribution < 1.29 is 18.3 Å². The number of carbonyl (C=O) groups excluding carboxylic acids is 1. The number of likely N-dealkylation sites (tertiary alicyclic amines) is 1. The van der Waals surface area contributed by atoms with Gasteiger partial charge in [-0.2, -0.15) is 0 Å². The maximum atomic E-state index is 15.4. The summed E-state index contributed by atoms with van der Waals surface area (Å²) >= 11 is 0. The molecule has 1 heterocycles. The Balaban J connectivity index is 1.06. The summed E-state index contributed by atoms with van der Waals surface area (Å²) in [7, 11) is 0. The molecule has 4 aliphatic rings. The minimum atomic E-state index is -2.82. The Labute approximate surface area is 207 Å². The summed E-state index contributed by atoms with van der Waals surface area (Å²) in [6, 6.07) is 16.6. The predicted molar refractivity (Wildman–Crippen MR) is 132 cm³/mol. The average molecular weight is 483 g/mol. The van der Waals surface area contributed by atoms with E-state index in [9.17, 15) is 4.79 Å². The fourth-order valence-electron chi connectivity index (χ4n) is 6.33. The van der Waals surface area contributed by atoms with Crippen molar-refractivity contribution in [2.45, 2.75) is 69.9 Å².